The highest BCUT2D eigenvalue weighted by Gasteiger charge is 2.53. The van der Waals surface area contributed by atoms with Crippen LogP contribution < -0.4 is 0 Å². The van der Waals surface area contributed by atoms with Gasteiger partial charge in [0.05, 0.1) is 21.7 Å². The van der Waals surface area contributed by atoms with Gasteiger partial charge in [0.1, 0.15) is 6.54 Å². The van der Waals surface area contributed by atoms with Gasteiger partial charge in [-0.15, -0.1) is 0 Å². The summed E-state index contributed by atoms with van der Waals surface area (Å²) < 4.78 is 0. The molecule has 184 valence electrons. The summed E-state index contributed by atoms with van der Waals surface area (Å²) in [6, 6.07) is 9.51. The molecular formula is C24H20N4O8. The highest BCUT2D eigenvalue weighted by Crippen LogP contribution is 2.39. The Hall–Kier alpha value is -4.74. The van der Waals surface area contributed by atoms with E-state index < -0.39 is 57.4 Å². The van der Waals surface area contributed by atoms with Crippen LogP contribution in [0.5, 0.6) is 0 Å². The molecule has 0 unspecified atom stereocenters. The Morgan fingerprint density at radius 1 is 0.972 bits per heavy atom. The minimum Gasteiger partial charge on any atom is -0.292 e. The lowest BCUT2D eigenvalue weighted by molar-refractivity contribution is -0.385. The van der Waals surface area contributed by atoms with Crippen molar-refractivity contribution < 1.29 is 29.0 Å². The molecule has 3 amide bonds. The van der Waals surface area contributed by atoms with E-state index in [0.717, 1.165) is 12.1 Å². The number of ketones is 1. The van der Waals surface area contributed by atoms with Crippen LogP contribution in [0.15, 0.2) is 60.7 Å². The average molecular weight is 492 g/mol. The standard InChI is InChI=1S/C24H20N4O8/c1-14-5-2-10-19-21(14)24(32)26(23(19)31)25(22(30)16-7-4-9-18(12-16)28(35)36)13-20(29)15-6-3-8-17(11-15)27(33)34/h2-9,11-12,14,19,21H,10,13H2,1H3/t14-,19+,21+/m1/s1. The largest absolute Gasteiger partial charge is 0.292 e. The van der Waals surface area contributed by atoms with Crippen molar-refractivity contribution in [1.29, 1.82) is 0 Å². The second-order valence-electron chi connectivity index (χ2n) is 8.54. The van der Waals surface area contributed by atoms with Crippen LogP contribution in [0.1, 0.15) is 34.1 Å². The number of non-ortho nitro benzene ring substituents is 2. The fourth-order valence-corrected chi connectivity index (χ4v) is 4.52. The molecule has 12 heteroatoms. The Labute approximate surface area is 204 Å². The van der Waals surface area contributed by atoms with Crippen LogP contribution in [0.25, 0.3) is 0 Å². The number of benzene rings is 2. The van der Waals surface area contributed by atoms with Crippen LogP contribution in [-0.2, 0) is 9.59 Å². The zero-order chi connectivity index (χ0) is 26.1. The van der Waals surface area contributed by atoms with Gasteiger partial charge in [0.25, 0.3) is 29.1 Å². The van der Waals surface area contributed by atoms with Crippen LogP contribution in [0.4, 0.5) is 11.4 Å². The summed E-state index contributed by atoms with van der Waals surface area (Å²) in [5.74, 6) is -4.79. The van der Waals surface area contributed by atoms with E-state index in [1.54, 1.807) is 19.1 Å². The summed E-state index contributed by atoms with van der Waals surface area (Å²) in [4.78, 5) is 74.2. The van der Waals surface area contributed by atoms with Crippen molar-refractivity contribution in [2.75, 3.05) is 6.54 Å². The number of nitro groups is 2. The zero-order valence-corrected chi connectivity index (χ0v) is 19.0. The topological polar surface area (TPSA) is 161 Å². The number of nitro benzene ring substituents is 2. The van der Waals surface area contributed by atoms with Gasteiger partial charge >= 0.3 is 0 Å². The third kappa shape index (κ3) is 4.35. The van der Waals surface area contributed by atoms with E-state index in [1.807, 2.05) is 0 Å². The Morgan fingerprint density at radius 3 is 2.14 bits per heavy atom. The highest BCUT2D eigenvalue weighted by atomic mass is 16.6. The van der Waals surface area contributed by atoms with Crippen LogP contribution in [0.3, 0.4) is 0 Å². The first-order valence-electron chi connectivity index (χ1n) is 11.0. The summed E-state index contributed by atoms with van der Waals surface area (Å²) in [6.45, 7) is 0.977. The molecule has 36 heavy (non-hydrogen) atoms. The number of hydrogen-bond acceptors (Lipinski definition) is 8. The lowest BCUT2D eigenvalue weighted by Gasteiger charge is -2.30. The first-order valence-corrected chi connectivity index (χ1v) is 11.0. The van der Waals surface area contributed by atoms with Gasteiger partial charge in [-0.2, -0.15) is 5.01 Å². The van der Waals surface area contributed by atoms with Crippen molar-refractivity contribution in [2.24, 2.45) is 17.8 Å². The van der Waals surface area contributed by atoms with E-state index in [2.05, 4.69) is 0 Å². The lowest BCUT2D eigenvalue weighted by atomic mass is 9.78. The van der Waals surface area contributed by atoms with E-state index in [9.17, 15) is 39.4 Å². The van der Waals surface area contributed by atoms with E-state index >= 15 is 0 Å². The normalized spacial score (nSPS) is 20.7. The molecule has 1 aliphatic heterocycles. The Morgan fingerprint density at radius 2 is 1.56 bits per heavy atom. The Kier molecular flexibility index (Phi) is 6.43. The quantitative estimate of drug-likeness (QED) is 0.187. The molecule has 2 aliphatic rings. The highest BCUT2D eigenvalue weighted by molar-refractivity contribution is 6.10. The van der Waals surface area contributed by atoms with Gasteiger partial charge in [-0.25, -0.2) is 5.01 Å². The fourth-order valence-electron chi connectivity index (χ4n) is 4.52. The molecule has 1 aliphatic carbocycles. The molecule has 2 aromatic carbocycles. The van der Waals surface area contributed by atoms with Gasteiger partial charge in [-0.05, 0) is 18.4 Å². The van der Waals surface area contributed by atoms with Gasteiger partial charge in [-0.1, -0.05) is 37.3 Å². The Bertz CT molecular complexity index is 1340. The maximum atomic E-state index is 13.5. The number of Topliss-reactive ketones (excluding diaryl/α,β-unsaturated/α-hetero) is 1. The SMILES string of the molecule is C[C@@H]1C=CC[C@@H]2C(=O)N(N(CC(=O)c3cccc([N+](=O)[O-])c3)C(=O)c3cccc([N+](=O)[O-])c3)C(=O)[C@@H]12. The second kappa shape index (κ2) is 9.49. The first kappa shape index (κ1) is 24.4. The minimum absolute atomic E-state index is 0.104. The van der Waals surface area contributed by atoms with Crippen molar-refractivity contribution in [1.82, 2.24) is 10.0 Å². The maximum Gasteiger partial charge on any atom is 0.273 e. The number of rotatable bonds is 7. The summed E-state index contributed by atoms with van der Waals surface area (Å²) in [5, 5.41) is 23.7. The van der Waals surface area contributed by atoms with E-state index in [0.29, 0.717) is 10.0 Å². The molecule has 0 aromatic heterocycles. The molecule has 1 saturated heterocycles. The van der Waals surface area contributed by atoms with E-state index in [4.69, 9.17) is 0 Å². The molecular weight excluding hydrogens is 472 g/mol. The second-order valence-corrected chi connectivity index (χ2v) is 8.54. The number of carbonyl (C=O) groups is 4. The van der Waals surface area contributed by atoms with Crippen molar-refractivity contribution in [2.45, 2.75) is 13.3 Å². The molecule has 0 saturated carbocycles. The lowest BCUT2D eigenvalue weighted by Crippen LogP contribution is -2.52. The van der Waals surface area contributed by atoms with Crippen molar-refractivity contribution in [3.05, 3.63) is 92.0 Å². The molecule has 3 atom stereocenters. The summed E-state index contributed by atoms with van der Waals surface area (Å²) in [6.07, 6.45) is 3.87. The van der Waals surface area contributed by atoms with Crippen LogP contribution in [0, 0.1) is 38.0 Å². The van der Waals surface area contributed by atoms with Crippen LogP contribution in [0.2, 0.25) is 0 Å². The monoisotopic (exact) mass is 492 g/mol. The average Bonchev–Trinajstić information content (AvgIpc) is 3.12. The number of carbonyl (C=O) groups excluding carboxylic acids is 4. The molecule has 0 bridgehead atoms. The summed E-state index contributed by atoms with van der Waals surface area (Å²) in [7, 11) is 0. The minimum atomic E-state index is -0.974. The first-order chi connectivity index (χ1) is 17.1. The van der Waals surface area contributed by atoms with Gasteiger partial charge in [0.15, 0.2) is 5.78 Å². The number of fused-ring (bicyclic) bond motifs is 1. The van der Waals surface area contributed by atoms with Crippen molar-refractivity contribution in [3.8, 4) is 0 Å². The molecule has 1 heterocycles. The molecule has 12 nitrogen and oxygen atoms in total. The van der Waals surface area contributed by atoms with Gasteiger partial charge < -0.3 is 0 Å². The number of hydrogen-bond donors (Lipinski definition) is 0. The summed E-state index contributed by atoms with van der Waals surface area (Å²) in [5.41, 5.74) is -1.06. The molecule has 0 N–H and O–H groups in total. The van der Waals surface area contributed by atoms with E-state index in [-0.39, 0.29) is 29.2 Å². The molecule has 0 spiro atoms. The predicted octanol–water partition coefficient (Wildman–Crippen LogP) is 2.94. The maximum absolute atomic E-state index is 13.5. The Balaban J connectivity index is 1.74. The summed E-state index contributed by atoms with van der Waals surface area (Å²) >= 11 is 0. The van der Waals surface area contributed by atoms with Crippen molar-refractivity contribution >= 4 is 34.9 Å². The number of amides is 3. The predicted molar refractivity (Wildman–Crippen MR) is 123 cm³/mol. The molecule has 2 aromatic rings. The molecule has 4 rings (SSSR count). The number of imide groups is 1. The van der Waals surface area contributed by atoms with Crippen molar-refractivity contribution in [3.63, 3.8) is 0 Å². The van der Waals surface area contributed by atoms with Gasteiger partial charge in [-0.3, -0.25) is 39.4 Å². The van der Waals surface area contributed by atoms with Crippen LogP contribution in [-0.4, -0.2) is 49.9 Å². The zero-order valence-electron chi connectivity index (χ0n) is 19.0. The molecule has 0 radical (unpaired) electrons. The third-order valence-electron chi connectivity index (χ3n) is 6.30. The number of hydrazine groups is 1. The smallest absolute Gasteiger partial charge is 0.273 e. The number of allylic oxidation sites excluding steroid dienone is 2. The van der Waals surface area contributed by atoms with Gasteiger partial charge in [0, 0.05) is 35.4 Å². The fraction of sp³-hybridized carbons (Fsp3) is 0.250. The number of nitrogens with zero attached hydrogens (tertiary/aromatic N) is 4. The van der Waals surface area contributed by atoms with Crippen LogP contribution >= 0.6 is 0 Å². The van der Waals surface area contributed by atoms with Gasteiger partial charge in [0.2, 0.25) is 0 Å². The molecule has 1 fully saturated rings. The third-order valence-corrected chi connectivity index (χ3v) is 6.30. The van der Waals surface area contributed by atoms with E-state index in [1.165, 1.54) is 36.4 Å².